The van der Waals surface area contributed by atoms with Gasteiger partial charge in [0.2, 0.25) is 0 Å². The molecule has 1 amide bonds. The minimum atomic E-state index is -0.399. The maximum Gasteiger partial charge on any atom is 0.252 e. The summed E-state index contributed by atoms with van der Waals surface area (Å²) in [6.45, 7) is 4.02. The topological polar surface area (TPSA) is 49.3 Å². The van der Waals surface area contributed by atoms with Crippen molar-refractivity contribution in [2.45, 2.75) is 13.8 Å². The molecule has 0 atom stereocenters. The molecule has 0 unspecified atom stereocenters. The standard InChI is InChI=1S/C12H15BrFNO2/c1-12(2,7-16)6-15-11(17)9-4-3-8(14)5-10(9)13/h3-5,16H,6-7H2,1-2H3,(H,15,17). The van der Waals surface area contributed by atoms with Crippen LogP contribution in [-0.2, 0) is 0 Å². The van der Waals surface area contributed by atoms with E-state index in [1.807, 2.05) is 13.8 Å². The Bertz CT molecular complexity index is 421. The summed E-state index contributed by atoms with van der Waals surface area (Å²) >= 11 is 3.14. The van der Waals surface area contributed by atoms with Crippen LogP contribution in [0.2, 0.25) is 0 Å². The van der Waals surface area contributed by atoms with Crippen LogP contribution in [0.1, 0.15) is 24.2 Å². The minimum Gasteiger partial charge on any atom is -0.396 e. The summed E-state index contributed by atoms with van der Waals surface area (Å²) in [6, 6.07) is 3.89. The van der Waals surface area contributed by atoms with E-state index >= 15 is 0 Å². The third-order valence-corrected chi connectivity index (χ3v) is 2.99. The molecule has 2 N–H and O–H groups in total. The number of aliphatic hydroxyl groups excluding tert-OH is 1. The largest absolute Gasteiger partial charge is 0.396 e. The molecule has 3 nitrogen and oxygen atoms in total. The molecule has 0 aromatic heterocycles. The SMILES string of the molecule is CC(C)(CO)CNC(=O)c1ccc(F)cc1Br. The smallest absolute Gasteiger partial charge is 0.252 e. The number of carbonyl (C=O) groups excluding carboxylic acids is 1. The second-order valence-electron chi connectivity index (χ2n) is 4.63. The number of aliphatic hydroxyl groups is 1. The van der Waals surface area contributed by atoms with Gasteiger partial charge in [-0.25, -0.2) is 4.39 Å². The fraction of sp³-hybridized carbons (Fsp3) is 0.417. The molecule has 0 heterocycles. The summed E-state index contributed by atoms with van der Waals surface area (Å²) in [5, 5.41) is 11.8. The van der Waals surface area contributed by atoms with E-state index in [2.05, 4.69) is 21.2 Å². The Hall–Kier alpha value is -0.940. The number of nitrogens with one attached hydrogen (secondary N) is 1. The van der Waals surface area contributed by atoms with E-state index in [0.29, 0.717) is 16.6 Å². The molecule has 0 fully saturated rings. The second-order valence-corrected chi connectivity index (χ2v) is 5.48. The summed E-state index contributed by atoms with van der Waals surface area (Å²) in [4.78, 5) is 11.8. The summed E-state index contributed by atoms with van der Waals surface area (Å²) in [7, 11) is 0. The molecular weight excluding hydrogens is 289 g/mol. The molecule has 0 saturated heterocycles. The Morgan fingerprint density at radius 3 is 2.71 bits per heavy atom. The molecule has 0 radical (unpaired) electrons. The van der Waals surface area contributed by atoms with Crippen molar-refractivity contribution in [1.82, 2.24) is 5.32 Å². The molecule has 0 aliphatic heterocycles. The third kappa shape index (κ3) is 4.09. The molecule has 94 valence electrons. The lowest BCUT2D eigenvalue weighted by Crippen LogP contribution is -2.36. The van der Waals surface area contributed by atoms with E-state index in [1.165, 1.54) is 18.2 Å². The number of halogens is 2. The van der Waals surface area contributed by atoms with Crippen molar-refractivity contribution in [1.29, 1.82) is 0 Å². The van der Waals surface area contributed by atoms with Gasteiger partial charge in [0.15, 0.2) is 0 Å². The first-order valence-electron chi connectivity index (χ1n) is 5.20. The molecule has 0 aliphatic carbocycles. The van der Waals surface area contributed by atoms with Crippen LogP contribution in [0.25, 0.3) is 0 Å². The maximum absolute atomic E-state index is 12.8. The molecular formula is C12H15BrFNO2. The molecule has 17 heavy (non-hydrogen) atoms. The van der Waals surface area contributed by atoms with Gasteiger partial charge in [-0.05, 0) is 34.1 Å². The summed E-state index contributed by atoms with van der Waals surface area (Å²) in [6.07, 6.45) is 0. The molecule has 0 saturated carbocycles. The zero-order chi connectivity index (χ0) is 13.1. The molecule has 0 bridgehead atoms. The van der Waals surface area contributed by atoms with Gasteiger partial charge in [0, 0.05) is 23.0 Å². The van der Waals surface area contributed by atoms with Gasteiger partial charge in [-0.15, -0.1) is 0 Å². The van der Waals surface area contributed by atoms with Gasteiger partial charge in [-0.3, -0.25) is 4.79 Å². The van der Waals surface area contributed by atoms with Crippen LogP contribution < -0.4 is 5.32 Å². The van der Waals surface area contributed by atoms with Crippen molar-refractivity contribution in [3.05, 3.63) is 34.1 Å². The number of hydrogen-bond donors (Lipinski definition) is 2. The highest BCUT2D eigenvalue weighted by Crippen LogP contribution is 2.18. The Morgan fingerprint density at radius 1 is 1.53 bits per heavy atom. The predicted molar refractivity (Wildman–Crippen MR) is 67.3 cm³/mol. The number of hydrogen-bond acceptors (Lipinski definition) is 2. The van der Waals surface area contributed by atoms with Crippen LogP contribution in [0.15, 0.2) is 22.7 Å². The van der Waals surface area contributed by atoms with Crippen molar-refractivity contribution in [3.63, 3.8) is 0 Å². The highest BCUT2D eigenvalue weighted by molar-refractivity contribution is 9.10. The van der Waals surface area contributed by atoms with Crippen LogP contribution in [0.5, 0.6) is 0 Å². The fourth-order valence-corrected chi connectivity index (χ4v) is 1.68. The maximum atomic E-state index is 12.8. The van der Waals surface area contributed by atoms with Gasteiger partial charge in [-0.1, -0.05) is 13.8 Å². The van der Waals surface area contributed by atoms with Gasteiger partial charge in [-0.2, -0.15) is 0 Å². The quantitative estimate of drug-likeness (QED) is 0.897. The number of carbonyl (C=O) groups is 1. The first-order valence-corrected chi connectivity index (χ1v) is 5.99. The second kappa shape index (κ2) is 5.60. The molecule has 1 aromatic rings. The van der Waals surface area contributed by atoms with Gasteiger partial charge >= 0.3 is 0 Å². The molecule has 0 spiro atoms. The zero-order valence-corrected chi connectivity index (χ0v) is 11.3. The Labute approximate surface area is 108 Å². The number of amides is 1. The first kappa shape index (κ1) is 14.1. The van der Waals surface area contributed by atoms with Crippen molar-refractivity contribution < 1.29 is 14.3 Å². The third-order valence-electron chi connectivity index (χ3n) is 2.33. The number of rotatable bonds is 4. The van der Waals surface area contributed by atoms with Crippen molar-refractivity contribution in [2.24, 2.45) is 5.41 Å². The van der Waals surface area contributed by atoms with Crippen LogP contribution >= 0.6 is 15.9 Å². The van der Waals surface area contributed by atoms with E-state index in [4.69, 9.17) is 5.11 Å². The van der Waals surface area contributed by atoms with Gasteiger partial charge < -0.3 is 10.4 Å². The van der Waals surface area contributed by atoms with Crippen molar-refractivity contribution in [3.8, 4) is 0 Å². The van der Waals surface area contributed by atoms with E-state index in [9.17, 15) is 9.18 Å². The molecule has 1 aromatic carbocycles. The fourth-order valence-electron chi connectivity index (χ4n) is 1.14. The average Bonchev–Trinajstić information content (AvgIpc) is 2.26. The van der Waals surface area contributed by atoms with Gasteiger partial charge in [0.25, 0.3) is 5.91 Å². The molecule has 5 heteroatoms. The highest BCUT2D eigenvalue weighted by atomic mass is 79.9. The lowest BCUT2D eigenvalue weighted by Gasteiger charge is -2.21. The number of benzene rings is 1. The van der Waals surface area contributed by atoms with Crippen LogP contribution in [0.3, 0.4) is 0 Å². The van der Waals surface area contributed by atoms with E-state index in [0.717, 1.165) is 0 Å². The van der Waals surface area contributed by atoms with E-state index in [1.54, 1.807) is 0 Å². The van der Waals surface area contributed by atoms with E-state index in [-0.39, 0.29) is 17.9 Å². The van der Waals surface area contributed by atoms with Crippen molar-refractivity contribution >= 4 is 21.8 Å². The zero-order valence-electron chi connectivity index (χ0n) is 9.76. The average molecular weight is 304 g/mol. The molecule has 1 rings (SSSR count). The highest BCUT2D eigenvalue weighted by Gasteiger charge is 2.18. The van der Waals surface area contributed by atoms with Gasteiger partial charge in [0.05, 0.1) is 5.56 Å². The summed E-state index contributed by atoms with van der Waals surface area (Å²) in [5.41, 5.74) is 0.00228. The van der Waals surface area contributed by atoms with Crippen molar-refractivity contribution in [2.75, 3.05) is 13.2 Å². The van der Waals surface area contributed by atoms with Crippen LogP contribution in [0.4, 0.5) is 4.39 Å². The Balaban J connectivity index is 2.71. The van der Waals surface area contributed by atoms with Crippen LogP contribution in [0, 0.1) is 11.2 Å². The van der Waals surface area contributed by atoms with E-state index < -0.39 is 5.82 Å². The lowest BCUT2D eigenvalue weighted by atomic mass is 9.95. The predicted octanol–water partition coefficient (Wildman–Crippen LogP) is 2.34. The minimum absolute atomic E-state index is 0.0160. The molecule has 0 aliphatic rings. The Kier molecular flexibility index (Phi) is 4.65. The van der Waals surface area contributed by atoms with Gasteiger partial charge in [0.1, 0.15) is 5.82 Å². The normalized spacial score (nSPS) is 11.4. The van der Waals surface area contributed by atoms with Crippen LogP contribution in [-0.4, -0.2) is 24.2 Å². The lowest BCUT2D eigenvalue weighted by molar-refractivity contribution is 0.0910. The monoisotopic (exact) mass is 303 g/mol. The Morgan fingerprint density at radius 2 is 2.18 bits per heavy atom. The summed E-state index contributed by atoms with van der Waals surface area (Å²) in [5.74, 6) is -0.692. The first-order chi connectivity index (χ1) is 7.85. The summed E-state index contributed by atoms with van der Waals surface area (Å²) < 4.78 is 13.3.